The van der Waals surface area contributed by atoms with Gasteiger partial charge in [0.2, 0.25) is 0 Å². The van der Waals surface area contributed by atoms with Crippen molar-refractivity contribution in [1.29, 1.82) is 0 Å². The van der Waals surface area contributed by atoms with E-state index in [9.17, 15) is 0 Å². The molecule has 1 fully saturated rings. The second-order valence-corrected chi connectivity index (χ2v) is 7.29. The van der Waals surface area contributed by atoms with Crippen LogP contribution in [0.2, 0.25) is 0 Å². The predicted molar refractivity (Wildman–Crippen MR) is 81.1 cm³/mol. The molecule has 0 bridgehead atoms. The van der Waals surface area contributed by atoms with Gasteiger partial charge in [-0.15, -0.1) is 0 Å². The molecule has 0 heterocycles. The van der Waals surface area contributed by atoms with Gasteiger partial charge in [-0.05, 0) is 56.8 Å². The third-order valence-electron chi connectivity index (χ3n) is 5.40. The summed E-state index contributed by atoms with van der Waals surface area (Å²) in [6.07, 6.45) is 13.4. The molecule has 0 amide bonds. The highest BCUT2D eigenvalue weighted by atomic mass is 16.5. The van der Waals surface area contributed by atoms with Crippen molar-refractivity contribution in [1.82, 2.24) is 0 Å². The molecule has 2 aliphatic rings. The fourth-order valence-electron chi connectivity index (χ4n) is 3.65. The molecule has 2 nitrogen and oxygen atoms in total. The lowest BCUT2D eigenvalue weighted by Gasteiger charge is -2.46. The van der Waals surface area contributed by atoms with Crippen LogP contribution in [0.5, 0.6) is 0 Å². The summed E-state index contributed by atoms with van der Waals surface area (Å²) < 4.78 is 5.96. The summed E-state index contributed by atoms with van der Waals surface area (Å²) in [5, 5.41) is 0. The molecule has 1 atom stereocenters. The van der Waals surface area contributed by atoms with E-state index in [2.05, 4.69) is 19.9 Å². The minimum Gasteiger partial charge on any atom is -0.376 e. The van der Waals surface area contributed by atoms with Gasteiger partial charge in [-0.1, -0.05) is 31.9 Å². The molecule has 0 radical (unpaired) electrons. The fraction of sp³-hybridized carbons (Fsp3) is 0.882. The summed E-state index contributed by atoms with van der Waals surface area (Å²) >= 11 is 0. The van der Waals surface area contributed by atoms with Gasteiger partial charge in [0.25, 0.3) is 0 Å². The Morgan fingerprint density at radius 3 is 2.42 bits per heavy atom. The first-order valence-electron chi connectivity index (χ1n) is 7.99. The molecule has 2 rings (SSSR count). The Kier molecular flexibility index (Phi) is 4.73. The van der Waals surface area contributed by atoms with Crippen LogP contribution in [-0.2, 0) is 4.74 Å². The van der Waals surface area contributed by atoms with Crippen LogP contribution >= 0.6 is 0 Å². The van der Waals surface area contributed by atoms with Crippen LogP contribution in [-0.4, -0.2) is 18.8 Å². The largest absolute Gasteiger partial charge is 0.376 e. The van der Waals surface area contributed by atoms with Crippen LogP contribution in [0.4, 0.5) is 0 Å². The topological polar surface area (TPSA) is 35.2 Å². The molecule has 0 aromatic carbocycles. The number of hydrogen-bond acceptors (Lipinski definition) is 2. The van der Waals surface area contributed by atoms with E-state index in [0.29, 0.717) is 5.41 Å². The van der Waals surface area contributed by atoms with Crippen LogP contribution in [0.1, 0.15) is 71.6 Å². The Balaban J connectivity index is 2.10. The quantitative estimate of drug-likeness (QED) is 0.777. The normalized spacial score (nSPS) is 28.3. The van der Waals surface area contributed by atoms with Crippen molar-refractivity contribution in [2.75, 3.05) is 7.11 Å². The zero-order chi connectivity index (χ0) is 13.9. The minimum absolute atomic E-state index is 0.103. The Labute approximate surface area is 118 Å². The lowest BCUT2D eigenvalue weighted by Crippen LogP contribution is -2.53. The van der Waals surface area contributed by atoms with Crippen LogP contribution in [0.25, 0.3) is 0 Å². The minimum atomic E-state index is -0.105. The highest BCUT2D eigenvalue weighted by molar-refractivity contribution is 5.18. The highest BCUT2D eigenvalue weighted by Gasteiger charge is 2.43. The Hall–Kier alpha value is -0.340. The Morgan fingerprint density at radius 1 is 1.11 bits per heavy atom. The van der Waals surface area contributed by atoms with Gasteiger partial charge in [0.05, 0.1) is 11.6 Å². The zero-order valence-corrected chi connectivity index (χ0v) is 13.0. The molecule has 1 unspecified atom stereocenters. The third-order valence-corrected chi connectivity index (χ3v) is 5.40. The van der Waals surface area contributed by atoms with Crippen LogP contribution < -0.4 is 5.73 Å². The van der Waals surface area contributed by atoms with Crippen molar-refractivity contribution >= 4 is 0 Å². The van der Waals surface area contributed by atoms with E-state index < -0.39 is 0 Å². The maximum atomic E-state index is 6.63. The number of methoxy groups -OCH3 is 1. The van der Waals surface area contributed by atoms with Crippen molar-refractivity contribution in [2.45, 2.75) is 83.3 Å². The summed E-state index contributed by atoms with van der Waals surface area (Å²) in [7, 11) is 1.86. The van der Waals surface area contributed by atoms with Crippen LogP contribution in [0.3, 0.4) is 0 Å². The van der Waals surface area contributed by atoms with Crippen molar-refractivity contribution in [3.8, 4) is 0 Å². The Bertz CT molecular complexity index is 322. The van der Waals surface area contributed by atoms with Crippen LogP contribution in [0, 0.1) is 5.41 Å². The van der Waals surface area contributed by atoms with Crippen molar-refractivity contribution in [3.05, 3.63) is 11.6 Å². The smallest absolute Gasteiger partial charge is 0.0867 e. The number of hydrogen-bond donors (Lipinski definition) is 1. The molecule has 0 aliphatic heterocycles. The lowest BCUT2D eigenvalue weighted by molar-refractivity contribution is -0.0716. The number of nitrogens with two attached hydrogens (primary N) is 1. The van der Waals surface area contributed by atoms with Crippen molar-refractivity contribution in [3.63, 3.8) is 0 Å². The van der Waals surface area contributed by atoms with E-state index in [1.165, 1.54) is 50.5 Å². The number of allylic oxidation sites excluding steroid dienone is 1. The standard InChI is InChI=1S/C17H31NO/c1-16(2)10-12-17(19-3,13-11-16)15(18)14-8-6-4-5-7-9-14/h8,15H,4-7,9-13,18H2,1-3H3. The summed E-state index contributed by atoms with van der Waals surface area (Å²) in [5.74, 6) is 0. The van der Waals surface area contributed by atoms with Gasteiger partial charge in [-0.2, -0.15) is 0 Å². The maximum absolute atomic E-state index is 6.63. The van der Waals surface area contributed by atoms with Crippen molar-refractivity contribution < 1.29 is 4.74 Å². The molecule has 0 saturated heterocycles. The number of rotatable bonds is 3. The first-order valence-corrected chi connectivity index (χ1v) is 7.99. The van der Waals surface area contributed by atoms with Gasteiger partial charge in [0.1, 0.15) is 0 Å². The van der Waals surface area contributed by atoms with Gasteiger partial charge >= 0.3 is 0 Å². The Morgan fingerprint density at radius 2 is 1.79 bits per heavy atom. The molecule has 1 saturated carbocycles. The van der Waals surface area contributed by atoms with E-state index in [1.807, 2.05) is 7.11 Å². The third kappa shape index (κ3) is 3.41. The molecule has 0 aromatic heterocycles. The van der Waals surface area contributed by atoms with Gasteiger partial charge < -0.3 is 10.5 Å². The van der Waals surface area contributed by atoms with Gasteiger partial charge in [0.15, 0.2) is 0 Å². The zero-order valence-electron chi connectivity index (χ0n) is 13.0. The average Bonchev–Trinajstić information content (AvgIpc) is 2.67. The monoisotopic (exact) mass is 265 g/mol. The second-order valence-electron chi connectivity index (χ2n) is 7.29. The van der Waals surface area contributed by atoms with Crippen LogP contribution in [0.15, 0.2) is 11.6 Å². The van der Waals surface area contributed by atoms with E-state index in [1.54, 1.807) is 0 Å². The molecule has 2 aliphatic carbocycles. The highest BCUT2D eigenvalue weighted by Crippen LogP contribution is 2.44. The summed E-state index contributed by atoms with van der Waals surface area (Å²) in [6, 6.07) is 0.103. The predicted octanol–water partition coefficient (Wildman–Crippen LogP) is 4.19. The molecule has 110 valence electrons. The second kappa shape index (κ2) is 5.97. The molecule has 2 N–H and O–H groups in total. The molecular formula is C17H31NO. The summed E-state index contributed by atoms with van der Waals surface area (Å²) in [5.41, 5.74) is 8.44. The van der Waals surface area contributed by atoms with E-state index in [-0.39, 0.29) is 11.6 Å². The molecule has 2 heteroatoms. The first-order chi connectivity index (χ1) is 8.99. The number of ether oxygens (including phenoxy) is 1. The first kappa shape index (κ1) is 15.1. The maximum Gasteiger partial charge on any atom is 0.0867 e. The van der Waals surface area contributed by atoms with E-state index in [4.69, 9.17) is 10.5 Å². The molecule has 0 spiro atoms. The van der Waals surface area contributed by atoms with Gasteiger partial charge in [-0.25, -0.2) is 0 Å². The lowest BCUT2D eigenvalue weighted by atomic mass is 9.67. The van der Waals surface area contributed by atoms with E-state index >= 15 is 0 Å². The average molecular weight is 265 g/mol. The van der Waals surface area contributed by atoms with E-state index in [0.717, 1.165) is 12.8 Å². The summed E-state index contributed by atoms with van der Waals surface area (Å²) in [6.45, 7) is 4.73. The summed E-state index contributed by atoms with van der Waals surface area (Å²) in [4.78, 5) is 0. The van der Waals surface area contributed by atoms with Gasteiger partial charge in [-0.3, -0.25) is 0 Å². The van der Waals surface area contributed by atoms with Crippen molar-refractivity contribution in [2.24, 2.45) is 11.1 Å². The molecule has 19 heavy (non-hydrogen) atoms. The molecule has 0 aromatic rings. The molecular weight excluding hydrogens is 234 g/mol. The van der Waals surface area contributed by atoms with Gasteiger partial charge in [0, 0.05) is 7.11 Å². The SMILES string of the molecule is COC1(C(N)C2=CCCCCC2)CCC(C)(C)CC1. The fourth-order valence-corrected chi connectivity index (χ4v) is 3.65.